The predicted molar refractivity (Wildman–Crippen MR) is 60.5 cm³/mol. The van der Waals surface area contributed by atoms with Crippen LogP contribution in [0.3, 0.4) is 0 Å². The molecule has 0 aliphatic heterocycles. The average molecular weight is 235 g/mol. The highest BCUT2D eigenvalue weighted by Crippen LogP contribution is 2.15. The van der Waals surface area contributed by atoms with Crippen molar-refractivity contribution in [3.63, 3.8) is 0 Å². The summed E-state index contributed by atoms with van der Waals surface area (Å²) in [5.74, 6) is -0.548. The lowest BCUT2D eigenvalue weighted by Crippen LogP contribution is -2.07. The fourth-order valence-electron chi connectivity index (χ4n) is 1.51. The van der Waals surface area contributed by atoms with Gasteiger partial charge in [-0.3, -0.25) is 0 Å². The van der Waals surface area contributed by atoms with Crippen LogP contribution in [0.4, 0.5) is 0 Å². The smallest absolute Gasteiger partial charge is 0.339 e. The molecule has 2 rings (SSSR count). The molecule has 2 aromatic rings. The maximum atomic E-state index is 10.9. The van der Waals surface area contributed by atoms with Crippen LogP contribution in [-0.4, -0.2) is 32.3 Å². The highest BCUT2D eigenvalue weighted by atomic mass is 16.5. The van der Waals surface area contributed by atoms with Gasteiger partial charge in [-0.15, -0.1) is 5.10 Å². The van der Waals surface area contributed by atoms with Gasteiger partial charge in [-0.2, -0.15) is 0 Å². The first-order valence-electron chi connectivity index (χ1n) is 5.35. The maximum absolute atomic E-state index is 10.9. The zero-order valence-corrected chi connectivity index (χ0v) is 9.67. The zero-order valence-electron chi connectivity index (χ0n) is 9.67. The first-order valence-corrected chi connectivity index (χ1v) is 5.35. The molecule has 0 unspecified atom stereocenters. The van der Waals surface area contributed by atoms with Crippen molar-refractivity contribution in [2.75, 3.05) is 6.61 Å². The van der Waals surface area contributed by atoms with Gasteiger partial charge in [-0.25, -0.2) is 14.3 Å². The zero-order chi connectivity index (χ0) is 12.4. The summed E-state index contributed by atoms with van der Waals surface area (Å²) >= 11 is 0. The van der Waals surface area contributed by atoms with E-state index in [2.05, 4.69) is 10.1 Å². The van der Waals surface area contributed by atoms with E-state index in [1.165, 1.54) is 10.7 Å². The van der Waals surface area contributed by atoms with Crippen molar-refractivity contribution < 1.29 is 14.6 Å². The lowest BCUT2D eigenvalue weighted by atomic mass is 10.2. The quantitative estimate of drug-likeness (QED) is 0.869. The lowest BCUT2D eigenvalue weighted by Gasteiger charge is -2.01. The Morgan fingerprint density at radius 2 is 2.35 bits per heavy atom. The molecule has 2 aromatic heterocycles. The van der Waals surface area contributed by atoms with E-state index in [1.807, 2.05) is 6.92 Å². The summed E-state index contributed by atoms with van der Waals surface area (Å²) in [6.45, 7) is 4.27. The number of ether oxygens (including phenoxy) is 1. The minimum Gasteiger partial charge on any atom is -0.478 e. The number of carbonyl (C=O) groups is 1. The van der Waals surface area contributed by atoms with Gasteiger partial charge in [0.2, 0.25) is 5.88 Å². The van der Waals surface area contributed by atoms with Crippen molar-refractivity contribution in [1.82, 2.24) is 14.6 Å². The number of carboxylic acid groups (broad SMARTS) is 1. The van der Waals surface area contributed by atoms with Gasteiger partial charge in [0.05, 0.1) is 17.9 Å². The van der Waals surface area contributed by atoms with Crippen molar-refractivity contribution >= 4 is 11.6 Å². The van der Waals surface area contributed by atoms with Crippen LogP contribution < -0.4 is 4.74 Å². The highest BCUT2D eigenvalue weighted by Gasteiger charge is 2.13. The number of hydrogen-bond acceptors (Lipinski definition) is 4. The first kappa shape index (κ1) is 11.4. The maximum Gasteiger partial charge on any atom is 0.339 e. The third kappa shape index (κ3) is 2.06. The van der Waals surface area contributed by atoms with Crippen LogP contribution in [-0.2, 0) is 0 Å². The molecule has 6 nitrogen and oxygen atoms in total. The number of aryl methyl sites for hydroxylation is 1. The SMILES string of the molecule is CCCOc1cc2ncc(C(=O)O)c(C)n2n1. The summed E-state index contributed by atoms with van der Waals surface area (Å²) in [6, 6.07) is 1.69. The first-order chi connectivity index (χ1) is 8.13. The molecule has 0 amide bonds. The fraction of sp³-hybridized carbons (Fsp3) is 0.364. The second-order valence-electron chi connectivity index (χ2n) is 3.66. The molecule has 0 radical (unpaired) electrons. The molecule has 0 bridgehead atoms. The van der Waals surface area contributed by atoms with E-state index in [0.29, 0.717) is 23.8 Å². The van der Waals surface area contributed by atoms with Gasteiger partial charge >= 0.3 is 5.97 Å². The minimum absolute atomic E-state index is 0.141. The van der Waals surface area contributed by atoms with Crippen molar-refractivity contribution in [2.24, 2.45) is 0 Å². The van der Waals surface area contributed by atoms with Crippen molar-refractivity contribution in [3.05, 3.63) is 23.5 Å². The summed E-state index contributed by atoms with van der Waals surface area (Å²) < 4.78 is 6.86. The minimum atomic E-state index is -1.01. The molecule has 17 heavy (non-hydrogen) atoms. The van der Waals surface area contributed by atoms with E-state index < -0.39 is 5.97 Å². The Hall–Kier alpha value is -2.11. The normalized spacial score (nSPS) is 10.7. The number of hydrogen-bond donors (Lipinski definition) is 1. The van der Waals surface area contributed by atoms with Gasteiger partial charge in [-0.05, 0) is 13.3 Å². The topological polar surface area (TPSA) is 76.7 Å². The molecule has 0 saturated heterocycles. The molecule has 2 heterocycles. The predicted octanol–water partition coefficient (Wildman–Crippen LogP) is 1.52. The number of aromatic nitrogens is 3. The summed E-state index contributed by atoms with van der Waals surface area (Å²) in [6.07, 6.45) is 2.22. The van der Waals surface area contributed by atoms with Gasteiger partial charge in [0.1, 0.15) is 0 Å². The van der Waals surface area contributed by atoms with Crippen LogP contribution in [0.1, 0.15) is 29.4 Å². The van der Waals surface area contributed by atoms with E-state index in [1.54, 1.807) is 13.0 Å². The summed E-state index contributed by atoms with van der Waals surface area (Å²) in [7, 11) is 0. The molecule has 0 aliphatic carbocycles. The monoisotopic (exact) mass is 235 g/mol. The molecule has 1 N–H and O–H groups in total. The molecule has 0 saturated carbocycles. The third-order valence-electron chi connectivity index (χ3n) is 2.39. The van der Waals surface area contributed by atoms with E-state index in [0.717, 1.165) is 6.42 Å². The largest absolute Gasteiger partial charge is 0.478 e. The number of rotatable bonds is 4. The Balaban J connectivity index is 2.46. The third-order valence-corrected chi connectivity index (χ3v) is 2.39. The van der Waals surface area contributed by atoms with Gasteiger partial charge < -0.3 is 9.84 Å². The van der Waals surface area contributed by atoms with Gasteiger partial charge in [-0.1, -0.05) is 6.92 Å². The van der Waals surface area contributed by atoms with Crippen LogP contribution in [0.25, 0.3) is 5.65 Å². The molecular weight excluding hydrogens is 222 g/mol. The van der Waals surface area contributed by atoms with Crippen molar-refractivity contribution in [3.8, 4) is 5.88 Å². The van der Waals surface area contributed by atoms with Crippen LogP contribution in [0.15, 0.2) is 12.3 Å². The molecule has 0 aromatic carbocycles. The van der Waals surface area contributed by atoms with Crippen LogP contribution >= 0.6 is 0 Å². The van der Waals surface area contributed by atoms with Gasteiger partial charge in [0.25, 0.3) is 0 Å². The fourth-order valence-corrected chi connectivity index (χ4v) is 1.51. The van der Waals surface area contributed by atoms with Gasteiger partial charge in [0.15, 0.2) is 5.65 Å². The summed E-state index contributed by atoms with van der Waals surface area (Å²) in [4.78, 5) is 15.0. The second kappa shape index (κ2) is 4.40. The summed E-state index contributed by atoms with van der Waals surface area (Å²) in [5, 5.41) is 13.1. The average Bonchev–Trinajstić information content (AvgIpc) is 2.70. The molecular formula is C11H13N3O3. The summed E-state index contributed by atoms with van der Waals surface area (Å²) in [5.41, 5.74) is 1.26. The molecule has 90 valence electrons. The standard InChI is InChI=1S/C11H13N3O3/c1-3-4-17-10-5-9-12-6-8(11(15)16)7(2)14(9)13-10/h5-6H,3-4H2,1-2H3,(H,15,16). The number of nitrogens with zero attached hydrogens (tertiary/aromatic N) is 3. The van der Waals surface area contributed by atoms with E-state index in [4.69, 9.17) is 9.84 Å². The Bertz CT molecular complexity index is 562. The highest BCUT2D eigenvalue weighted by molar-refractivity contribution is 5.88. The Kier molecular flexibility index (Phi) is 2.95. The van der Waals surface area contributed by atoms with Gasteiger partial charge in [0, 0.05) is 12.3 Å². The van der Waals surface area contributed by atoms with Crippen LogP contribution in [0.5, 0.6) is 5.88 Å². The van der Waals surface area contributed by atoms with E-state index in [-0.39, 0.29) is 5.56 Å². The van der Waals surface area contributed by atoms with Crippen molar-refractivity contribution in [2.45, 2.75) is 20.3 Å². The second-order valence-corrected chi connectivity index (χ2v) is 3.66. The lowest BCUT2D eigenvalue weighted by molar-refractivity contribution is 0.0694. The van der Waals surface area contributed by atoms with E-state index in [9.17, 15) is 4.79 Å². The molecule has 0 aliphatic rings. The molecule has 0 atom stereocenters. The molecule has 0 fully saturated rings. The number of fused-ring (bicyclic) bond motifs is 1. The Morgan fingerprint density at radius 1 is 1.59 bits per heavy atom. The van der Waals surface area contributed by atoms with Crippen LogP contribution in [0.2, 0.25) is 0 Å². The molecule has 6 heteroatoms. The van der Waals surface area contributed by atoms with E-state index >= 15 is 0 Å². The Labute approximate surface area is 97.9 Å². The van der Waals surface area contributed by atoms with Crippen LogP contribution in [0, 0.1) is 6.92 Å². The number of carboxylic acids is 1. The Morgan fingerprint density at radius 3 is 3.00 bits per heavy atom. The molecule has 0 spiro atoms. The van der Waals surface area contributed by atoms with Crippen molar-refractivity contribution in [1.29, 1.82) is 0 Å². The number of aromatic carboxylic acids is 1.